The number of benzene rings is 1. The van der Waals surface area contributed by atoms with Crippen molar-refractivity contribution in [2.75, 3.05) is 7.05 Å². The molecule has 1 fully saturated rings. The third-order valence-corrected chi connectivity index (χ3v) is 3.96. The van der Waals surface area contributed by atoms with Gasteiger partial charge in [-0.15, -0.1) is 0 Å². The molecular formula is C15H17FN2O. The van der Waals surface area contributed by atoms with Crippen LogP contribution in [0.2, 0.25) is 0 Å². The Kier molecular flexibility index (Phi) is 3.57. The number of carbonyl (C=O) groups is 1. The highest BCUT2D eigenvalue weighted by Gasteiger charge is 2.53. The first-order chi connectivity index (χ1) is 9.01. The molecule has 0 N–H and O–H groups in total. The summed E-state index contributed by atoms with van der Waals surface area (Å²) in [6.45, 7) is 1.67. The SMILES string of the molecule is CC(C#N)N(C)C(=O)C1(c2ccccc2)CC(F)C1. The van der Waals surface area contributed by atoms with Crippen molar-refractivity contribution in [2.45, 2.75) is 37.4 Å². The Balaban J connectivity index is 2.32. The molecule has 1 aromatic carbocycles. The number of hydrogen-bond acceptors (Lipinski definition) is 2. The maximum Gasteiger partial charge on any atom is 0.234 e. The van der Waals surface area contributed by atoms with Gasteiger partial charge in [-0.05, 0) is 25.3 Å². The van der Waals surface area contributed by atoms with E-state index in [4.69, 9.17) is 5.26 Å². The summed E-state index contributed by atoms with van der Waals surface area (Å²) in [5, 5.41) is 8.92. The molecule has 1 aliphatic carbocycles. The van der Waals surface area contributed by atoms with Crippen molar-refractivity contribution in [3.63, 3.8) is 0 Å². The summed E-state index contributed by atoms with van der Waals surface area (Å²) >= 11 is 0. The molecule has 1 saturated carbocycles. The molecule has 0 heterocycles. The van der Waals surface area contributed by atoms with Crippen molar-refractivity contribution in [3.8, 4) is 6.07 Å². The van der Waals surface area contributed by atoms with Crippen LogP contribution in [0.5, 0.6) is 0 Å². The quantitative estimate of drug-likeness (QED) is 0.837. The summed E-state index contributed by atoms with van der Waals surface area (Å²) < 4.78 is 13.4. The number of halogens is 1. The molecule has 100 valence electrons. The van der Waals surface area contributed by atoms with E-state index in [1.165, 1.54) is 4.90 Å². The lowest BCUT2D eigenvalue weighted by Crippen LogP contribution is -2.55. The third kappa shape index (κ3) is 2.21. The van der Waals surface area contributed by atoms with Crippen molar-refractivity contribution in [1.29, 1.82) is 5.26 Å². The van der Waals surface area contributed by atoms with Gasteiger partial charge in [-0.25, -0.2) is 4.39 Å². The minimum atomic E-state index is -0.935. The lowest BCUT2D eigenvalue weighted by Gasteiger charge is -2.45. The van der Waals surface area contributed by atoms with Crippen LogP contribution in [0, 0.1) is 11.3 Å². The fourth-order valence-electron chi connectivity index (χ4n) is 2.59. The van der Waals surface area contributed by atoms with Gasteiger partial charge in [0, 0.05) is 7.05 Å². The van der Waals surface area contributed by atoms with E-state index in [1.54, 1.807) is 14.0 Å². The molecule has 19 heavy (non-hydrogen) atoms. The molecule has 1 unspecified atom stereocenters. The van der Waals surface area contributed by atoms with E-state index >= 15 is 0 Å². The second-order valence-corrected chi connectivity index (χ2v) is 5.17. The summed E-state index contributed by atoms with van der Waals surface area (Å²) in [6, 6.07) is 10.8. The zero-order valence-corrected chi connectivity index (χ0v) is 11.1. The third-order valence-electron chi connectivity index (χ3n) is 3.96. The van der Waals surface area contributed by atoms with Gasteiger partial charge in [-0.3, -0.25) is 4.79 Å². The zero-order valence-electron chi connectivity index (χ0n) is 11.1. The molecule has 1 atom stereocenters. The van der Waals surface area contributed by atoms with Crippen LogP contribution >= 0.6 is 0 Å². The van der Waals surface area contributed by atoms with Crippen LogP contribution in [0.25, 0.3) is 0 Å². The number of carbonyl (C=O) groups excluding carboxylic acids is 1. The number of alkyl halides is 1. The summed E-state index contributed by atoms with van der Waals surface area (Å²) in [7, 11) is 1.60. The maximum absolute atomic E-state index is 13.4. The van der Waals surface area contributed by atoms with Crippen LogP contribution in [0.15, 0.2) is 30.3 Å². The van der Waals surface area contributed by atoms with Gasteiger partial charge in [0.05, 0.1) is 11.5 Å². The molecule has 0 aliphatic heterocycles. The minimum absolute atomic E-state index is 0.165. The first-order valence-electron chi connectivity index (χ1n) is 6.38. The Morgan fingerprint density at radius 1 is 1.47 bits per heavy atom. The Morgan fingerprint density at radius 3 is 2.53 bits per heavy atom. The molecule has 1 amide bonds. The maximum atomic E-state index is 13.4. The fraction of sp³-hybridized carbons (Fsp3) is 0.467. The van der Waals surface area contributed by atoms with Crippen LogP contribution in [0.1, 0.15) is 25.3 Å². The van der Waals surface area contributed by atoms with E-state index in [0.717, 1.165) is 5.56 Å². The van der Waals surface area contributed by atoms with Crippen molar-refractivity contribution in [2.24, 2.45) is 0 Å². The van der Waals surface area contributed by atoms with E-state index in [1.807, 2.05) is 36.4 Å². The van der Waals surface area contributed by atoms with Crippen molar-refractivity contribution in [1.82, 2.24) is 4.90 Å². The van der Waals surface area contributed by atoms with Gasteiger partial charge < -0.3 is 4.90 Å². The lowest BCUT2D eigenvalue weighted by atomic mass is 9.62. The predicted molar refractivity (Wildman–Crippen MR) is 70.1 cm³/mol. The van der Waals surface area contributed by atoms with Gasteiger partial charge in [-0.1, -0.05) is 30.3 Å². The Bertz CT molecular complexity index is 503. The first kappa shape index (κ1) is 13.5. The topological polar surface area (TPSA) is 44.1 Å². The number of nitrogens with zero attached hydrogens (tertiary/aromatic N) is 2. The van der Waals surface area contributed by atoms with E-state index < -0.39 is 17.6 Å². The van der Waals surface area contributed by atoms with E-state index in [9.17, 15) is 9.18 Å². The number of hydrogen-bond donors (Lipinski definition) is 0. The molecule has 0 spiro atoms. The van der Waals surface area contributed by atoms with Crippen LogP contribution < -0.4 is 0 Å². The average Bonchev–Trinajstić information content (AvgIpc) is 2.42. The first-order valence-corrected chi connectivity index (χ1v) is 6.38. The molecule has 3 nitrogen and oxygen atoms in total. The average molecular weight is 260 g/mol. The highest BCUT2D eigenvalue weighted by atomic mass is 19.1. The molecule has 0 aromatic heterocycles. The molecule has 0 bridgehead atoms. The smallest absolute Gasteiger partial charge is 0.234 e. The second kappa shape index (κ2) is 5.00. The van der Waals surface area contributed by atoms with E-state index in [0.29, 0.717) is 0 Å². The van der Waals surface area contributed by atoms with Gasteiger partial charge >= 0.3 is 0 Å². The second-order valence-electron chi connectivity index (χ2n) is 5.17. The largest absolute Gasteiger partial charge is 0.329 e. The summed E-state index contributed by atoms with van der Waals surface area (Å²) in [5.41, 5.74) is 0.0477. The molecule has 4 heteroatoms. The van der Waals surface area contributed by atoms with Crippen molar-refractivity contribution >= 4 is 5.91 Å². The van der Waals surface area contributed by atoms with Gasteiger partial charge in [0.15, 0.2) is 0 Å². The normalized spacial score (nSPS) is 26.9. The van der Waals surface area contributed by atoms with Crippen molar-refractivity contribution in [3.05, 3.63) is 35.9 Å². The van der Waals surface area contributed by atoms with Crippen LogP contribution in [0.3, 0.4) is 0 Å². The van der Waals surface area contributed by atoms with Gasteiger partial charge in [0.2, 0.25) is 5.91 Å². The predicted octanol–water partition coefficient (Wildman–Crippen LogP) is 2.43. The van der Waals surface area contributed by atoms with Gasteiger partial charge in [0.25, 0.3) is 0 Å². The van der Waals surface area contributed by atoms with E-state index in [-0.39, 0.29) is 18.7 Å². The number of nitriles is 1. The molecule has 1 aliphatic rings. The fourth-order valence-corrected chi connectivity index (χ4v) is 2.59. The Hall–Kier alpha value is -1.89. The standard InChI is InChI=1S/C15H17FN2O/c1-11(10-17)18(2)14(19)15(8-13(16)9-15)12-6-4-3-5-7-12/h3-7,11,13H,8-9H2,1-2H3. The summed E-state index contributed by atoms with van der Waals surface area (Å²) in [5.74, 6) is -0.165. The minimum Gasteiger partial charge on any atom is -0.329 e. The Labute approximate surface area is 112 Å². The van der Waals surface area contributed by atoms with E-state index in [2.05, 4.69) is 0 Å². The Morgan fingerprint density at radius 2 is 2.05 bits per heavy atom. The number of likely N-dealkylation sites (N-methyl/N-ethyl adjacent to an activating group) is 1. The van der Waals surface area contributed by atoms with Gasteiger partial charge in [-0.2, -0.15) is 5.26 Å². The lowest BCUT2D eigenvalue weighted by molar-refractivity contribution is -0.143. The molecule has 0 saturated heterocycles. The van der Waals surface area contributed by atoms with Crippen molar-refractivity contribution < 1.29 is 9.18 Å². The monoisotopic (exact) mass is 260 g/mol. The molecule has 0 radical (unpaired) electrons. The summed E-state index contributed by atoms with van der Waals surface area (Å²) in [4.78, 5) is 14.0. The highest BCUT2D eigenvalue weighted by Crippen LogP contribution is 2.46. The highest BCUT2D eigenvalue weighted by molar-refractivity contribution is 5.90. The zero-order chi connectivity index (χ0) is 14.0. The van der Waals surface area contributed by atoms with Crippen LogP contribution in [0.4, 0.5) is 4.39 Å². The number of rotatable bonds is 3. The number of amides is 1. The molecular weight excluding hydrogens is 243 g/mol. The van der Waals surface area contributed by atoms with Gasteiger partial charge in [0.1, 0.15) is 12.2 Å². The molecule has 2 rings (SSSR count). The molecule has 1 aromatic rings. The van der Waals surface area contributed by atoms with Crippen LogP contribution in [-0.4, -0.2) is 30.1 Å². The van der Waals surface area contributed by atoms with Crippen LogP contribution in [-0.2, 0) is 10.2 Å². The summed E-state index contributed by atoms with van der Waals surface area (Å²) in [6.07, 6.45) is -0.522.